The van der Waals surface area contributed by atoms with Gasteiger partial charge in [-0.05, 0) is 28.2 Å². The van der Waals surface area contributed by atoms with Crippen LogP contribution in [0.5, 0.6) is 0 Å². The van der Waals surface area contributed by atoms with Gasteiger partial charge in [-0.3, -0.25) is 4.79 Å². The van der Waals surface area contributed by atoms with Crippen LogP contribution in [0, 0.1) is 0 Å². The highest BCUT2D eigenvalue weighted by Gasteiger charge is 2.19. The fraction of sp³-hybridized carbons (Fsp3) is 0.353. The molecule has 2 aromatic rings. The van der Waals surface area contributed by atoms with Crippen LogP contribution in [0.25, 0.3) is 11.1 Å². The molecule has 0 amide bonds. The molecule has 2 rings (SSSR count). The topological polar surface area (TPSA) is 89.1 Å². The first-order chi connectivity index (χ1) is 10.3. The van der Waals surface area contributed by atoms with Crippen molar-refractivity contribution >= 4 is 5.97 Å². The molecule has 0 bridgehead atoms. The van der Waals surface area contributed by atoms with E-state index in [4.69, 9.17) is 10.8 Å². The maximum absolute atomic E-state index is 10.9. The molecule has 1 aromatic heterocycles. The Morgan fingerprint density at radius 3 is 2.36 bits per heavy atom. The van der Waals surface area contributed by atoms with E-state index in [9.17, 15) is 4.79 Å². The Labute approximate surface area is 130 Å². The van der Waals surface area contributed by atoms with Crippen LogP contribution in [-0.4, -0.2) is 21.0 Å². The molecule has 22 heavy (non-hydrogen) atoms. The first kappa shape index (κ1) is 16.1. The smallest absolute Gasteiger partial charge is 0.305 e. The fourth-order valence-electron chi connectivity index (χ4n) is 2.22. The van der Waals surface area contributed by atoms with Gasteiger partial charge in [0.15, 0.2) is 0 Å². The average Bonchev–Trinajstić information content (AvgIpc) is 2.46. The Hall–Kier alpha value is -2.27. The summed E-state index contributed by atoms with van der Waals surface area (Å²) < 4.78 is 0. The maximum atomic E-state index is 10.9. The van der Waals surface area contributed by atoms with E-state index in [1.54, 1.807) is 12.4 Å². The lowest BCUT2D eigenvalue weighted by Crippen LogP contribution is -2.17. The Morgan fingerprint density at radius 2 is 1.82 bits per heavy atom. The van der Waals surface area contributed by atoms with Crippen LogP contribution in [0.1, 0.15) is 44.4 Å². The Balaban J connectivity index is 2.53. The average molecular weight is 299 g/mol. The summed E-state index contributed by atoms with van der Waals surface area (Å²) in [5.41, 5.74) is 9.73. The number of hydrogen-bond acceptors (Lipinski definition) is 4. The second-order valence-electron chi connectivity index (χ2n) is 6.43. The summed E-state index contributed by atoms with van der Waals surface area (Å²) in [4.78, 5) is 19.0. The normalized spacial score (nSPS) is 12.9. The molecule has 1 atom stereocenters. The molecule has 3 N–H and O–H groups in total. The summed E-state index contributed by atoms with van der Waals surface area (Å²) in [6.45, 7) is 6.33. The molecular weight excluding hydrogens is 278 g/mol. The van der Waals surface area contributed by atoms with Gasteiger partial charge in [0.2, 0.25) is 0 Å². The van der Waals surface area contributed by atoms with E-state index < -0.39 is 12.0 Å². The minimum absolute atomic E-state index is 0.0661. The number of nitrogens with two attached hydrogens (primary N) is 1. The minimum atomic E-state index is -0.904. The monoisotopic (exact) mass is 299 g/mol. The SMILES string of the molecule is CC(C)(C)c1cc(-c2cncnc2)cc([C@@H](N)CC(=O)O)c1. The third-order valence-corrected chi connectivity index (χ3v) is 3.54. The van der Waals surface area contributed by atoms with Crippen LogP contribution in [0.4, 0.5) is 0 Å². The standard InChI is InChI=1S/C17H21N3O2/c1-17(2,3)14-5-11(13-8-19-10-20-9-13)4-12(6-14)15(18)7-16(21)22/h4-6,8-10,15H,7,18H2,1-3H3,(H,21,22)/t15-/m0/s1. The van der Waals surface area contributed by atoms with E-state index in [0.717, 1.165) is 22.3 Å². The van der Waals surface area contributed by atoms with Gasteiger partial charge in [0, 0.05) is 24.0 Å². The van der Waals surface area contributed by atoms with Crippen molar-refractivity contribution in [2.24, 2.45) is 5.73 Å². The molecular formula is C17H21N3O2. The van der Waals surface area contributed by atoms with Crippen LogP contribution in [0.2, 0.25) is 0 Å². The van der Waals surface area contributed by atoms with Gasteiger partial charge in [-0.15, -0.1) is 0 Å². The highest BCUT2D eigenvalue weighted by molar-refractivity contribution is 5.69. The van der Waals surface area contributed by atoms with Crippen molar-refractivity contribution in [1.29, 1.82) is 0 Å². The number of benzene rings is 1. The summed E-state index contributed by atoms with van der Waals surface area (Å²) in [7, 11) is 0. The lowest BCUT2D eigenvalue weighted by molar-refractivity contribution is -0.137. The number of carboxylic acid groups (broad SMARTS) is 1. The van der Waals surface area contributed by atoms with E-state index in [2.05, 4.69) is 36.8 Å². The Bertz CT molecular complexity index is 663. The predicted molar refractivity (Wildman–Crippen MR) is 85.3 cm³/mol. The van der Waals surface area contributed by atoms with Gasteiger partial charge in [0.25, 0.3) is 0 Å². The van der Waals surface area contributed by atoms with Gasteiger partial charge < -0.3 is 10.8 Å². The van der Waals surface area contributed by atoms with Crippen molar-refractivity contribution in [3.05, 3.63) is 48.0 Å². The van der Waals surface area contributed by atoms with Crippen LogP contribution < -0.4 is 5.73 Å². The molecule has 0 radical (unpaired) electrons. The van der Waals surface area contributed by atoms with Crippen LogP contribution >= 0.6 is 0 Å². The maximum Gasteiger partial charge on any atom is 0.305 e. The van der Waals surface area contributed by atoms with Crippen LogP contribution in [0.3, 0.4) is 0 Å². The van der Waals surface area contributed by atoms with Crippen molar-refractivity contribution in [2.45, 2.75) is 38.6 Å². The van der Waals surface area contributed by atoms with Crippen molar-refractivity contribution in [3.63, 3.8) is 0 Å². The highest BCUT2D eigenvalue weighted by atomic mass is 16.4. The molecule has 1 aromatic carbocycles. The lowest BCUT2D eigenvalue weighted by Gasteiger charge is -2.23. The molecule has 5 heteroatoms. The number of aromatic nitrogens is 2. The van der Waals surface area contributed by atoms with Crippen molar-refractivity contribution < 1.29 is 9.90 Å². The predicted octanol–water partition coefficient (Wildman–Crippen LogP) is 2.92. The number of carboxylic acids is 1. The van der Waals surface area contributed by atoms with Gasteiger partial charge >= 0.3 is 5.97 Å². The molecule has 5 nitrogen and oxygen atoms in total. The highest BCUT2D eigenvalue weighted by Crippen LogP contribution is 2.31. The molecule has 1 heterocycles. The van der Waals surface area contributed by atoms with Crippen LogP contribution in [-0.2, 0) is 10.2 Å². The summed E-state index contributed by atoms with van der Waals surface area (Å²) in [5, 5.41) is 8.96. The van der Waals surface area contributed by atoms with Gasteiger partial charge in [-0.2, -0.15) is 0 Å². The number of aliphatic carboxylic acids is 1. The van der Waals surface area contributed by atoms with Gasteiger partial charge in [-0.1, -0.05) is 32.9 Å². The number of rotatable bonds is 4. The third-order valence-electron chi connectivity index (χ3n) is 3.54. The van der Waals surface area contributed by atoms with Gasteiger partial charge in [-0.25, -0.2) is 9.97 Å². The number of nitrogens with zero attached hydrogens (tertiary/aromatic N) is 2. The van der Waals surface area contributed by atoms with Gasteiger partial charge in [0.05, 0.1) is 6.42 Å². The van der Waals surface area contributed by atoms with Crippen molar-refractivity contribution in [1.82, 2.24) is 9.97 Å². The van der Waals surface area contributed by atoms with E-state index >= 15 is 0 Å². The third kappa shape index (κ3) is 3.89. The van der Waals surface area contributed by atoms with E-state index in [1.165, 1.54) is 6.33 Å². The molecule has 0 aliphatic rings. The molecule has 0 unspecified atom stereocenters. The minimum Gasteiger partial charge on any atom is -0.481 e. The fourth-order valence-corrected chi connectivity index (χ4v) is 2.22. The van der Waals surface area contributed by atoms with E-state index in [1.807, 2.05) is 12.1 Å². The number of carbonyl (C=O) groups is 1. The van der Waals surface area contributed by atoms with E-state index in [-0.39, 0.29) is 11.8 Å². The zero-order valence-electron chi connectivity index (χ0n) is 13.1. The molecule has 0 spiro atoms. The Kier molecular flexibility index (Phi) is 4.56. The second kappa shape index (κ2) is 6.23. The Morgan fingerprint density at radius 1 is 1.18 bits per heavy atom. The molecule has 0 aliphatic carbocycles. The zero-order chi connectivity index (χ0) is 16.3. The molecule has 0 aliphatic heterocycles. The largest absolute Gasteiger partial charge is 0.481 e. The molecule has 0 saturated heterocycles. The van der Waals surface area contributed by atoms with E-state index in [0.29, 0.717) is 0 Å². The molecule has 0 fully saturated rings. The first-order valence-electron chi connectivity index (χ1n) is 7.15. The summed E-state index contributed by atoms with van der Waals surface area (Å²) in [6.07, 6.45) is 4.86. The molecule has 116 valence electrons. The quantitative estimate of drug-likeness (QED) is 0.906. The summed E-state index contributed by atoms with van der Waals surface area (Å²) in [6, 6.07) is 5.45. The zero-order valence-corrected chi connectivity index (χ0v) is 13.1. The summed E-state index contributed by atoms with van der Waals surface area (Å²) in [5.74, 6) is -0.904. The van der Waals surface area contributed by atoms with Crippen LogP contribution in [0.15, 0.2) is 36.9 Å². The van der Waals surface area contributed by atoms with Crippen molar-refractivity contribution in [3.8, 4) is 11.1 Å². The molecule has 0 saturated carbocycles. The van der Waals surface area contributed by atoms with Gasteiger partial charge in [0.1, 0.15) is 6.33 Å². The first-order valence-corrected chi connectivity index (χ1v) is 7.15. The second-order valence-corrected chi connectivity index (χ2v) is 6.43. The lowest BCUT2D eigenvalue weighted by atomic mass is 9.83. The number of hydrogen-bond donors (Lipinski definition) is 2. The summed E-state index contributed by atoms with van der Waals surface area (Å²) >= 11 is 0. The van der Waals surface area contributed by atoms with Crippen molar-refractivity contribution in [2.75, 3.05) is 0 Å².